The van der Waals surface area contributed by atoms with E-state index in [1.165, 1.54) is 7.11 Å². The number of carbonyl (C=O) groups is 2. The lowest BCUT2D eigenvalue weighted by atomic mass is 9.64. The fraction of sp³-hybridized carbons (Fsp3) is 0.600. The molecule has 0 heterocycles. The van der Waals surface area contributed by atoms with Crippen LogP contribution in [0.1, 0.15) is 47.1 Å². The van der Waals surface area contributed by atoms with Gasteiger partial charge in [-0.1, -0.05) is 59.2 Å². The Morgan fingerprint density at radius 3 is 1.75 bits per heavy atom. The summed E-state index contributed by atoms with van der Waals surface area (Å²) in [6, 6.07) is 7.64. The van der Waals surface area contributed by atoms with Crippen molar-refractivity contribution in [3.05, 3.63) is 29.8 Å². The van der Waals surface area contributed by atoms with E-state index in [-0.39, 0.29) is 17.3 Å². The van der Waals surface area contributed by atoms with Crippen LogP contribution in [0.5, 0.6) is 0 Å². The zero-order valence-electron chi connectivity index (χ0n) is 16.2. The average molecular weight is 333 g/mol. The number of esters is 1. The lowest BCUT2D eigenvalue weighted by Crippen LogP contribution is -2.47. The second kappa shape index (κ2) is 7.37. The first-order valence-electron chi connectivity index (χ1n) is 8.33. The van der Waals surface area contributed by atoms with Crippen LogP contribution in [0.4, 0.5) is 5.69 Å². The predicted octanol–water partition coefficient (Wildman–Crippen LogP) is 4.43. The normalized spacial score (nSPS) is 14.7. The van der Waals surface area contributed by atoms with Crippen LogP contribution in [-0.4, -0.2) is 19.0 Å². The Hall–Kier alpha value is -1.84. The molecule has 0 aliphatic rings. The number of carbonyl (C=O) groups excluding carboxylic acids is 2. The van der Waals surface area contributed by atoms with Gasteiger partial charge in [0.05, 0.1) is 18.9 Å². The van der Waals surface area contributed by atoms with Crippen LogP contribution in [0.3, 0.4) is 0 Å². The summed E-state index contributed by atoms with van der Waals surface area (Å²) in [4.78, 5) is 25.5. The molecule has 134 valence electrons. The van der Waals surface area contributed by atoms with E-state index in [1.54, 1.807) is 0 Å². The van der Waals surface area contributed by atoms with Gasteiger partial charge in [0, 0.05) is 5.69 Å². The van der Waals surface area contributed by atoms with Crippen LogP contribution < -0.4 is 5.32 Å². The van der Waals surface area contributed by atoms with Crippen molar-refractivity contribution >= 4 is 17.6 Å². The molecular weight excluding hydrogens is 302 g/mol. The number of amides is 1. The molecule has 4 nitrogen and oxygen atoms in total. The van der Waals surface area contributed by atoms with Gasteiger partial charge in [-0.3, -0.25) is 9.59 Å². The second-order valence-corrected chi connectivity index (χ2v) is 8.57. The van der Waals surface area contributed by atoms with E-state index in [0.29, 0.717) is 0 Å². The number of ether oxygens (including phenoxy) is 1. The van der Waals surface area contributed by atoms with Crippen molar-refractivity contribution in [2.45, 2.75) is 48.5 Å². The van der Waals surface area contributed by atoms with Crippen LogP contribution in [0.2, 0.25) is 0 Å². The first-order valence-corrected chi connectivity index (χ1v) is 8.33. The quantitative estimate of drug-likeness (QED) is 0.829. The molecule has 1 N–H and O–H groups in total. The first-order chi connectivity index (χ1) is 10.9. The summed E-state index contributed by atoms with van der Waals surface area (Å²) in [5.74, 6) is -1.54. The molecule has 0 radical (unpaired) electrons. The highest BCUT2D eigenvalue weighted by molar-refractivity contribution is 5.96. The molecule has 24 heavy (non-hydrogen) atoms. The van der Waals surface area contributed by atoms with Gasteiger partial charge in [-0.2, -0.15) is 0 Å². The molecular formula is C20H31NO3. The molecule has 0 aliphatic carbocycles. The molecule has 1 aromatic carbocycles. The minimum Gasteiger partial charge on any atom is -0.469 e. The minimum absolute atomic E-state index is 0.156. The average Bonchev–Trinajstić information content (AvgIpc) is 2.43. The summed E-state index contributed by atoms with van der Waals surface area (Å²) in [5.41, 5.74) is 1.08. The van der Waals surface area contributed by atoms with E-state index in [0.717, 1.165) is 11.3 Å². The monoisotopic (exact) mass is 333 g/mol. The van der Waals surface area contributed by atoms with E-state index in [1.807, 2.05) is 72.7 Å². The Balaban J connectivity index is 3.22. The number of rotatable bonds is 4. The number of aryl methyl sites for hydroxylation is 1. The zero-order chi connectivity index (χ0) is 18.7. The Kier molecular flexibility index (Phi) is 6.20. The number of anilines is 1. The Bertz CT molecular complexity index is 576. The molecule has 0 bridgehead atoms. The number of hydrogen-bond acceptors (Lipinski definition) is 3. The number of methoxy groups -OCH3 is 1. The molecule has 4 heteroatoms. The van der Waals surface area contributed by atoms with E-state index in [9.17, 15) is 9.59 Å². The van der Waals surface area contributed by atoms with Crippen LogP contribution in [-0.2, 0) is 14.3 Å². The third-order valence-electron chi connectivity index (χ3n) is 4.26. The van der Waals surface area contributed by atoms with Gasteiger partial charge in [0.15, 0.2) is 0 Å². The molecule has 1 amide bonds. The van der Waals surface area contributed by atoms with Crippen LogP contribution in [0.25, 0.3) is 0 Å². The van der Waals surface area contributed by atoms with Crippen molar-refractivity contribution in [1.82, 2.24) is 0 Å². The molecule has 2 unspecified atom stereocenters. The van der Waals surface area contributed by atoms with Gasteiger partial charge < -0.3 is 10.1 Å². The Labute approximate surface area is 146 Å². The van der Waals surface area contributed by atoms with Crippen molar-refractivity contribution in [3.8, 4) is 0 Å². The SMILES string of the molecule is COC(=O)C(C(C(=O)Nc1ccc(C)cc1)C(C)(C)C)C(C)(C)C. The fourth-order valence-corrected chi connectivity index (χ4v) is 3.02. The Morgan fingerprint density at radius 1 is 0.917 bits per heavy atom. The van der Waals surface area contributed by atoms with Crippen LogP contribution >= 0.6 is 0 Å². The summed E-state index contributed by atoms with van der Waals surface area (Å²) >= 11 is 0. The number of nitrogens with one attached hydrogen (secondary N) is 1. The topological polar surface area (TPSA) is 55.4 Å². The maximum Gasteiger partial charge on any atom is 0.310 e. The van der Waals surface area contributed by atoms with Crippen molar-refractivity contribution < 1.29 is 14.3 Å². The van der Waals surface area contributed by atoms with E-state index >= 15 is 0 Å². The number of benzene rings is 1. The van der Waals surface area contributed by atoms with E-state index in [2.05, 4.69) is 5.32 Å². The molecule has 1 aromatic rings. The van der Waals surface area contributed by atoms with Gasteiger partial charge in [0.25, 0.3) is 0 Å². The van der Waals surface area contributed by atoms with Crippen LogP contribution in [0, 0.1) is 29.6 Å². The highest BCUT2D eigenvalue weighted by atomic mass is 16.5. The molecule has 0 saturated heterocycles. The molecule has 0 spiro atoms. The smallest absolute Gasteiger partial charge is 0.310 e. The van der Waals surface area contributed by atoms with Gasteiger partial charge in [-0.05, 0) is 29.9 Å². The standard InChI is InChI=1S/C20H31NO3/c1-13-9-11-14(12-10-13)21-17(22)15(19(2,3)4)16(18(23)24-8)20(5,6)7/h9-12,15-16H,1-8H3,(H,21,22). The summed E-state index contributed by atoms with van der Waals surface area (Å²) in [6.45, 7) is 13.8. The molecule has 0 saturated carbocycles. The summed E-state index contributed by atoms with van der Waals surface area (Å²) in [6.07, 6.45) is 0. The number of hydrogen-bond donors (Lipinski definition) is 1. The zero-order valence-corrected chi connectivity index (χ0v) is 16.2. The third-order valence-corrected chi connectivity index (χ3v) is 4.26. The van der Waals surface area contributed by atoms with E-state index in [4.69, 9.17) is 4.74 Å². The Morgan fingerprint density at radius 2 is 1.38 bits per heavy atom. The van der Waals surface area contributed by atoms with Crippen molar-refractivity contribution in [3.63, 3.8) is 0 Å². The third kappa shape index (κ3) is 5.08. The summed E-state index contributed by atoms with van der Waals surface area (Å²) in [5, 5.41) is 2.96. The molecule has 0 aromatic heterocycles. The molecule has 0 fully saturated rings. The van der Waals surface area contributed by atoms with Crippen molar-refractivity contribution in [1.29, 1.82) is 0 Å². The summed E-state index contributed by atoms with van der Waals surface area (Å²) < 4.78 is 5.01. The lowest BCUT2D eigenvalue weighted by molar-refractivity contribution is -0.158. The van der Waals surface area contributed by atoms with E-state index < -0.39 is 17.3 Å². The minimum atomic E-state index is -0.534. The van der Waals surface area contributed by atoms with Crippen LogP contribution in [0.15, 0.2) is 24.3 Å². The lowest BCUT2D eigenvalue weighted by Gasteiger charge is -2.40. The second-order valence-electron chi connectivity index (χ2n) is 8.57. The molecule has 0 aliphatic heterocycles. The van der Waals surface area contributed by atoms with Gasteiger partial charge in [0.2, 0.25) is 5.91 Å². The maximum atomic E-state index is 13.0. The maximum absolute atomic E-state index is 13.0. The van der Waals surface area contributed by atoms with Crippen molar-refractivity contribution in [2.75, 3.05) is 12.4 Å². The molecule has 2 atom stereocenters. The predicted molar refractivity (Wildman–Crippen MR) is 97.7 cm³/mol. The highest BCUT2D eigenvalue weighted by Gasteiger charge is 2.47. The van der Waals surface area contributed by atoms with Gasteiger partial charge >= 0.3 is 5.97 Å². The summed E-state index contributed by atoms with van der Waals surface area (Å²) in [7, 11) is 1.37. The fourth-order valence-electron chi connectivity index (χ4n) is 3.02. The van der Waals surface area contributed by atoms with Gasteiger partial charge in [-0.25, -0.2) is 0 Å². The first kappa shape index (κ1) is 20.2. The van der Waals surface area contributed by atoms with Gasteiger partial charge in [-0.15, -0.1) is 0 Å². The molecule has 1 rings (SSSR count). The highest BCUT2D eigenvalue weighted by Crippen LogP contribution is 2.42. The van der Waals surface area contributed by atoms with Crippen molar-refractivity contribution in [2.24, 2.45) is 22.7 Å². The van der Waals surface area contributed by atoms with Gasteiger partial charge in [0.1, 0.15) is 0 Å². The largest absolute Gasteiger partial charge is 0.469 e.